The monoisotopic (exact) mass is 296 g/mol. The zero-order valence-corrected chi connectivity index (χ0v) is 11.6. The highest BCUT2D eigenvalue weighted by atomic mass is 16.5. The van der Waals surface area contributed by atoms with Gasteiger partial charge in [-0.1, -0.05) is 18.2 Å². The number of benzene rings is 1. The van der Waals surface area contributed by atoms with Gasteiger partial charge in [-0.25, -0.2) is 9.59 Å². The van der Waals surface area contributed by atoms with E-state index in [1.165, 1.54) is 0 Å². The number of carboxylic acids is 1. The van der Waals surface area contributed by atoms with Gasteiger partial charge in [0.2, 0.25) is 0 Å². The number of hydrogen-bond donors (Lipinski definition) is 4. The van der Waals surface area contributed by atoms with E-state index in [0.717, 1.165) is 5.75 Å². The van der Waals surface area contributed by atoms with Gasteiger partial charge in [0.1, 0.15) is 5.75 Å². The number of amides is 2. The van der Waals surface area contributed by atoms with Gasteiger partial charge < -0.3 is 25.6 Å². The van der Waals surface area contributed by atoms with Crippen LogP contribution in [0.15, 0.2) is 30.3 Å². The summed E-state index contributed by atoms with van der Waals surface area (Å²) in [5, 5.41) is 22.5. The van der Waals surface area contributed by atoms with Crippen molar-refractivity contribution in [2.24, 2.45) is 0 Å². The maximum atomic E-state index is 11.3. The minimum absolute atomic E-state index is 0.0279. The molecular weight excluding hydrogens is 276 g/mol. The van der Waals surface area contributed by atoms with E-state index in [0.29, 0.717) is 19.6 Å². The SMILES string of the molecule is O=C(NCCCOc1ccccc1)NCCC(O)C(=O)O. The Morgan fingerprint density at radius 1 is 1.14 bits per heavy atom. The maximum absolute atomic E-state index is 11.3. The van der Waals surface area contributed by atoms with Crippen LogP contribution in [0.25, 0.3) is 0 Å². The lowest BCUT2D eigenvalue weighted by atomic mass is 10.2. The number of carbonyl (C=O) groups is 2. The highest BCUT2D eigenvalue weighted by molar-refractivity contribution is 5.74. The number of aliphatic hydroxyl groups excluding tert-OH is 1. The molecule has 2 amide bonds. The number of aliphatic carboxylic acids is 1. The van der Waals surface area contributed by atoms with Crippen LogP contribution in [0.3, 0.4) is 0 Å². The number of nitrogens with one attached hydrogen (secondary N) is 2. The summed E-state index contributed by atoms with van der Waals surface area (Å²) in [5.74, 6) is -0.514. The first-order valence-corrected chi connectivity index (χ1v) is 6.70. The average Bonchev–Trinajstić information content (AvgIpc) is 2.47. The molecule has 1 aromatic rings. The Morgan fingerprint density at radius 3 is 2.48 bits per heavy atom. The third kappa shape index (κ3) is 7.78. The quantitative estimate of drug-likeness (QED) is 0.499. The standard InChI is InChI=1S/C14H20N2O5/c17-12(13(18)19)7-9-16-14(20)15-8-4-10-21-11-5-2-1-3-6-11/h1-3,5-6,12,17H,4,7-10H2,(H,18,19)(H2,15,16,20). The Kier molecular flexibility index (Phi) is 7.67. The van der Waals surface area contributed by atoms with Crippen molar-refractivity contribution in [1.82, 2.24) is 10.6 Å². The Bertz CT molecular complexity index is 438. The number of aliphatic hydroxyl groups is 1. The van der Waals surface area contributed by atoms with Crippen LogP contribution in [0.1, 0.15) is 12.8 Å². The molecule has 1 unspecified atom stereocenters. The van der Waals surface area contributed by atoms with Gasteiger partial charge in [-0.15, -0.1) is 0 Å². The summed E-state index contributed by atoms with van der Waals surface area (Å²) in [5.41, 5.74) is 0. The highest BCUT2D eigenvalue weighted by Gasteiger charge is 2.12. The number of hydrogen-bond acceptors (Lipinski definition) is 4. The molecule has 0 saturated heterocycles. The first kappa shape index (κ1) is 16.8. The number of para-hydroxylation sites is 1. The lowest BCUT2D eigenvalue weighted by Gasteiger charge is -2.09. The molecule has 0 radical (unpaired) electrons. The predicted molar refractivity (Wildman–Crippen MR) is 76.2 cm³/mol. The average molecular weight is 296 g/mol. The number of carbonyl (C=O) groups excluding carboxylic acids is 1. The van der Waals surface area contributed by atoms with E-state index in [-0.39, 0.29) is 13.0 Å². The van der Waals surface area contributed by atoms with E-state index in [4.69, 9.17) is 14.9 Å². The van der Waals surface area contributed by atoms with Crippen LogP contribution in [-0.4, -0.2) is 48.0 Å². The van der Waals surface area contributed by atoms with Crippen molar-refractivity contribution in [3.05, 3.63) is 30.3 Å². The van der Waals surface area contributed by atoms with Gasteiger partial charge in [0, 0.05) is 19.5 Å². The van der Waals surface area contributed by atoms with E-state index < -0.39 is 18.1 Å². The second-order valence-electron chi connectivity index (χ2n) is 4.34. The minimum atomic E-state index is -1.45. The lowest BCUT2D eigenvalue weighted by molar-refractivity contribution is -0.146. The van der Waals surface area contributed by atoms with Gasteiger partial charge in [0.25, 0.3) is 0 Å². The van der Waals surface area contributed by atoms with Crippen LogP contribution in [0.4, 0.5) is 4.79 Å². The van der Waals surface area contributed by atoms with Crippen molar-refractivity contribution in [1.29, 1.82) is 0 Å². The van der Waals surface area contributed by atoms with Crippen LogP contribution in [0.5, 0.6) is 5.75 Å². The Morgan fingerprint density at radius 2 is 1.81 bits per heavy atom. The fraction of sp³-hybridized carbons (Fsp3) is 0.429. The van der Waals surface area contributed by atoms with Crippen LogP contribution in [-0.2, 0) is 4.79 Å². The predicted octanol–water partition coefficient (Wildman–Crippen LogP) is 0.590. The number of ether oxygens (including phenoxy) is 1. The normalized spacial score (nSPS) is 11.5. The largest absolute Gasteiger partial charge is 0.494 e. The Labute approximate surface area is 122 Å². The van der Waals surface area contributed by atoms with Crippen molar-refractivity contribution in [3.8, 4) is 5.75 Å². The fourth-order valence-corrected chi connectivity index (χ4v) is 1.49. The molecule has 0 aliphatic rings. The molecule has 4 N–H and O–H groups in total. The third-order valence-electron chi connectivity index (χ3n) is 2.61. The molecule has 0 bridgehead atoms. The summed E-state index contributed by atoms with van der Waals surface area (Å²) in [7, 11) is 0. The van der Waals surface area contributed by atoms with Gasteiger partial charge in [-0.05, 0) is 18.6 Å². The third-order valence-corrected chi connectivity index (χ3v) is 2.61. The molecule has 7 nitrogen and oxygen atoms in total. The lowest BCUT2D eigenvalue weighted by Crippen LogP contribution is -2.38. The molecule has 21 heavy (non-hydrogen) atoms. The van der Waals surface area contributed by atoms with E-state index in [2.05, 4.69) is 10.6 Å². The van der Waals surface area contributed by atoms with Crippen LogP contribution in [0, 0.1) is 0 Å². The fourth-order valence-electron chi connectivity index (χ4n) is 1.49. The summed E-state index contributed by atoms with van der Waals surface area (Å²) >= 11 is 0. The van der Waals surface area contributed by atoms with Gasteiger partial charge in [0.05, 0.1) is 6.61 Å². The van der Waals surface area contributed by atoms with Gasteiger partial charge in [-0.2, -0.15) is 0 Å². The maximum Gasteiger partial charge on any atom is 0.332 e. The number of urea groups is 1. The van der Waals surface area contributed by atoms with Crippen LogP contribution >= 0.6 is 0 Å². The second-order valence-corrected chi connectivity index (χ2v) is 4.34. The molecule has 0 aliphatic heterocycles. The van der Waals surface area contributed by atoms with E-state index in [1.807, 2.05) is 30.3 Å². The van der Waals surface area contributed by atoms with Crippen molar-refractivity contribution >= 4 is 12.0 Å². The van der Waals surface area contributed by atoms with Crippen molar-refractivity contribution in [2.75, 3.05) is 19.7 Å². The van der Waals surface area contributed by atoms with Gasteiger partial charge in [-0.3, -0.25) is 0 Å². The molecule has 7 heteroatoms. The molecule has 1 atom stereocenters. The first-order valence-electron chi connectivity index (χ1n) is 6.70. The zero-order chi connectivity index (χ0) is 15.5. The molecule has 0 aliphatic carbocycles. The molecule has 1 rings (SSSR count). The molecule has 1 aromatic carbocycles. The molecule has 0 aromatic heterocycles. The molecule has 0 fully saturated rings. The summed E-state index contributed by atoms with van der Waals surface area (Å²) < 4.78 is 5.46. The minimum Gasteiger partial charge on any atom is -0.494 e. The summed E-state index contributed by atoms with van der Waals surface area (Å²) in [6, 6.07) is 8.98. The van der Waals surface area contributed by atoms with Crippen molar-refractivity contribution in [2.45, 2.75) is 18.9 Å². The van der Waals surface area contributed by atoms with Crippen molar-refractivity contribution < 1.29 is 24.5 Å². The Balaban J connectivity index is 2.00. The Hall–Kier alpha value is -2.28. The molecule has 0 heterocycles. The van der Waals surface area contributed by atoms with E-state index in [9.17, 15) is 9.59 Å². The second kappa shape index (κ2) is 9.60. The first-order chi connectivity index (χ1) is 10.1. The molecule has 0 spiro atoms. The summed E-state index contributed by atoms with van der Waals surface area (Å²) in [4.78, 5) is 21.7. The van der Waals surface area contributed by atoms with Crippen LogP contribution < -0.4 is 15.4 Å². The smallest absolute Gasteiger partial charge is 0.332 e. The van der Waals surface area contributed by atoms with Gasteiger partial charge >= 0.3 is 12.0 Å². The summed E-state index contributed by atoms with van der Waals surface area (Å²) in [6.45, 7) is 1.03. The highest BCUT2D eigenvalue weighted by Crippen LogP contribution is 2.07. The summed E-state index contributed by atoms with van der Waals surface area (Å²) in [6.07, 6.45) is -0.829. The molecule has 0 saturated carbocycles. The number of carboxylic acid groups (broad SMARTS) is 1. The number of rotatable bonds is 9. The van der Waals surface area contributed by atoms with E-state index >= 15 is 0 Å². The van der Waals surface area contributed by atoms with Crippen LogP contribution in [0.2, 0.25) is 0 Å². The van der Waals surface area contributed by atoms with Crippen molar-refractivity contribution in [3.63, 3.8) is 0 Å². The van der Waals surface area contributed by atoms with E-state index in [1.54, 1.807) is 0 Å². The molecular formula is C14H20N2O5. The topological polar surface area (TPSA) is 108 Å². The molecule has 116 valence electrons. The zero-order valence-electron chi connectivity index (χ0n) is 11.6. The van der Waals surface area contributed by atoms with Gasteiger partial charge in [0.15, 0.2) is 6.10 Å².